The van der Waals surface area contributed by atoms with Gasteiger partial charge in [0.05, 0.1) is 10.8 Å². The molecule has 1 unspecified atom stereocenters. The lowest BCUT2D eigenvalue weighted by atomic mass is 10.00. The van der Waals surface area contributed by atoms with Crippen molar-refractivity contribution in [2.45, 2.75) is 24.3 Å². The number of nitrogens with zero attached hydrogens (tertiary/aromatic N) is 1. The van der Waals surface area contributed by atoms with Crippen molar-refractivity contribution in [1.29, 1.82) is 0 Å². The molecule has 8 heteroatoms. The number of hydrogen-bond donors (Lipinski definition) is 0. The van der Waals surface area contributed by atoms with E-state index in [4.69, 9.17) is 16.3 Å². The van der Waals surface area contributed by atoms with Gasteiger partial charge in [-0.1, -0.05) is 23.7 Å². The van der Waals surface area contributed by atoms with Crippen molar-refractivity contribution in [2.75, 3.05) is 13.1 Å². The molecule has 0 radical (unpaired) electrons. The number of rotatable bonds is 5. The lowest BCUT2D eigenvalue weighted by Crippen LogP contribution is -2.42. The van der Waals surface area contributed by atoms with Gasteiger partial charge in [0, 0.05) is 18.1 Å². The fourth-order valence-corrected chi connectivity index (χ4v) is 4.61. The van der Waals surface area contributed by atoms with Gasteiger partial charge in [-0.25, -0.2) is 12.8 Å². The molecule has 1 fully saturated rings. The molecule has 1 atom stereocenters. The zero-order valence-electron chi connectivity index (χ0n) is 14.5. The van der Waals surface area contributed by atoms with E-state index >= 15 is 0 Å². The fraction of sp³-hybridized carbons (Fsp3) is 0.316. The van der Waals surface area contributed by atoms with Gasteiger partial charge in [-0.2, -0.15) is 4.31 Å². The van der Waals surface area contributed by atoms with E-state index in [0.29, 0.717) is 24.4 Å². The molecule has 0 saturated carbocycles. The van der Waals surface area contributed by atoms with Crippen LogP contribution in [0.1, 0.15) is 18.4 Å². The largest absolute Gasteiger partial charge is 0.461 e. The summed E-state index contributed by atoms with van der Waals surface area (Å²) >= 11 is 5.82. The summed E-state index contributed by atoms with van der Waals surface area (Å²) in [6.07, 6.45) is 1.12. The average molecular weight is 412 g/mol. The maximum atomic E-state index is 13.1. The van der Waals surface area contributed by atoms with Gasteiger partial charge in [0.1, 0.15) is 12.4 Å². The summed E-state index contributed by atoms with van der Waals surface area (Å²) in [7, 11) is -3.77. The van der Waals surface area contributed by atoms with Gasteiger partial charge in [0.15, 0.2) is 0 Å². The van der Waals surface area contributed by atoms with Crippen LogP contribution in [-0.4, -0.2) is 31.8 Å². The van der Waals surface area contributed by atoms with Crippen molar-refractivity contribution >= 4 is 27.6 Å². The highest BCUT2D eigenvalue weighted by Crippen LogP contribution is 2.25. The van der Waals surface area contributed by atoms with E-state index in [0.717, 1.165) is 17.7 Å². The molecule has 27 heavy (non-hydrogen) atoms. The highest BCUT2D eigenvalue weighted by molar-refractivity contribution is 7.89. The molecule has 0 aromatic heterocycles. The third kappa shape index (κ3) is 4.86. The Bertz CT molecular complexity index is 900. The van der Waals surface area contributed by atoms with Crippen LogP contribution in [0.5, 0.6) is 0 Å². The number of esters is 1. The Morgan fingerprint density at radius 3 is 2.48 bits per heavy atom. The van der Waals surface area contributed by atoms with E-state index in [-0.39, 0.29) is 18.0 Å². The van der Waals surface area contributed by atoms with Crippen LogP contribution in [0.2, 0.25) is 5.02 Å². The minimum Gasteiger partial charge on any atom is -0.461 e. The van der Waals surface area contributed by atoms with Gasteiger partial charge in [0.25, 0.3) is 0 Å². The Morgan fingerprint density at radius 2 is 1.81 bits per heavy atom. The first-order valence-corrected chi connectivity index (χ1v) is 10.3. The van der Waals surface area contributed by atoms with Crippen molar-refractivity contribution < 1.29 is 22.3 Å². The summed E-state index contributed by atoms with van der Waals surface area (Å²) in [6, 6.07) is 11.6. The second kappa shape index (κ2) is 8.37. The van der Waals surface area contributed by atoms with E-state index in [2.05, 4.69) is 0 Å². The molecule has 0 amide bonds. The molecule has 0 aliphatic carbocycles. The summed E-state index contributed by atoms with van der Waals surface area (Å²) in [4.78, 5) is 12.4. The maximum Gasteiger partial charge on any atom is 0.310 e. The Labute approximate surface area is 162 Å². The standard InChI is InChI=1S/C19H19ClFNO4S/c20-16-5-3-14(4-6-16)13-26-19(23)15-2-1-11-22(12-15)27(24,25)18-9-7-17(21)8-10-18/h3-10,15H,1-2,11-13H2. The first-order chi connectivity index (χ1) is 12.9. The van der Waals surface area contributed by atoms with Gasteiger partial charge in [-0.05, 0) is 54.8 Å². The molecule has 2 aromatic rings. The van der Waals surface area contributed by atoms with E-state index < -0.39 is 27.7 Å². The average Bonchev–Trinajstić information content (AvgIpc) is 2.68. The van der Waals surface area contributed by atoms with Gasteiger partial charge in [-0.15, -0.1) is 0 Å². The zero-order valence-corrected chi connectivity index (χ0v) is 16.0. The molecule has 1 aliphatic heterocycles. The SMILES string of the molecule is O=C(OCc1ccc(Cl)cc1)C1CCCN(S(=O)(=O)c2ccc(F)cc2)C1. The van der Waals surface area contributed by atoms with Gasteiger partial charge < -0.3 is 4.74 Å². The molecule has 3 rings (SSSR count). The van der Waals surface area contributed by atoms with Gasteiger partial charge in [-0.3, -0.25) is 4.79 Å². The number of halogens is 2. The quantitative estimate of drug-likeness (QED) is 0.705. The lowest BCUT2D eigenvalue weighted by Gasteiger charge is -2.30. The highest BCUT2D eigenvalue weighted by Gasteiger charge is 2.34. The van der Waals surface area contributed by atoms with Crippen LogP contribution < -0.4 is 0 Å². The number of carbonyl (C=O) groups excluding carboxylic acids is 1. The third-order valence-electron chi connectivity index (χ3n) is 4.46. The number of sulfonamides is 1. The summed E-state index contributed by atoms with van der Waals surface area (Å²) in [5, 5.41) is 0.596. The van der Waals surface area contributed by atoms with Crippen LogP contribution in [0.3, 0.4) is 0 Å². The number of piperidine rings is 1. The first-order valence-electron chi connectivity index (χ1n) is 8.53. The van der Waals surface area contributed by atoms with Crippen LogP contribution in [0.4, 0.5) is 4.39 Å². The highest BCUT2D eigenvalue weighted by atomic mass is 35.5. The number of carbonyl (C=O) groups is 1. The molecular formula is C19H19ClFNO4S. The fourth-order valence-electron chi connectivity index (χ4n) is 2.96. The normalized spacial score (nSPS) is 18.2. The smallest absolute Gasteiger partial charge is 0.310 e. The minimum absolute atomic E-state index is 0.0130. The minimum atomic E-state index is -3.77. The van der Waals surface area contributed by atoms with Crippen molar-refractivity contribution in [3.8, 4) is 0 Å². The number of hydrogen-bond acceptors (Lipinski definition) is 4. The van der Waals surface area contributed by atoms with Crippen LogP contribution in [0.25, 0.3) is 0 Å². The Balaban J connectivity index is 1.63. The Kier molecular flexibility index (Phi) is 6.14. The number of ether oxygens (including phenoxy) is 1. The van der Waals surface area contributed by atoms with E-state index in [1.165, 1.54) is 16.4 Å². The predicted octanol–water partition coefficient (Wildman–Crippen LogP) is 3.62. The summed E-state index contributed by atoms with van der Waals surface area (Å²) in [5.41, 5.74) is 0.805. The zero-order chi connectivity index (χ0) is 19.4. The molecule has 144 valence electrons. The molecule has 1 heterocycles. The van der Waals surface area contributed by atoms with Crippen molar-refractivity contribution in [1.82, 2.24) is 4.31 Å². The maximum absolute atomic E-state index is 13.1. The second-order valence-electron chi connectivity index (χ2n) is 6.39. The molecular weight excluding hydrogens is 393 g/mol. The van der Waals surface area contributed by atoms with Crippen LogP contribution in [0.15, 0.2) is 53.4 Å². The van der Waals surface area contributed by atoms with Gasteiger partial charge in [0.2, 0.25) is 10.0 Å². The summed E-state index contributed by atoms with van der Waals surface area (Å²) < 4.78 is 45.1. The molecule has 1 saturated heterocycles. The first kappa shape index (κ1) is 19.8. The van der Waals surface area contributed by atoms with Crippen LogP contribution in [-0.2, 0) is 26.2 Å². The van der Waals surface area contributed by atoms with E-state index in [9.17, 15) is 17.6 Å². The molecule has 5 nitrogen and oxygen atoms in total. The topological polar surface area (TPSA) is 63.7 Å². The molecule has 0 bridgehead atoms. The molecule has 0 N–H and O–H groups in total. The van der Waals surface area contributed by atoms with Crippen LogP contribution in [0, 0.1) is 11.7 Å². The summed E-state index contributed by atoms with van der Waals surface area (Å²) in [5.74, 6) is -1.46. The number of benzene rings is 2. The molecule has 0 spiro atoms. The second-order valence-corrected chi connectivity index (χ2v) is 8.76. The third-order valence-corrected chi connectivity index (χ3v) is 6.59. The monoisotopic (exact) mass is 411 g/mol. The molecule has 1 aliphatic rings. The Morgan fingerprint density at radius 1 is 1.15 bits per heavy atom. The van der Waals surface area contributed by atoms with Crippen molar-refractivity contribution in [2.24, 2.45) is 5.92 Å². The summed E-state index contributed by atoms with van der Waals surface area (Å²) in [6.45, 7) is 0.483. The Hall–Kier alpha value is -1.96. The van der Waals surface area contributed by atoms with Gasteiger partial charge >= 0.3 is 5.97 Å². The van der Waals surface area contributed by atoms with Crippen LogP contribution >= 0.6 is 11.6 Å². The lowest BCUT2D eigenvalue weighted by molar-refractivity contribution is -0.151. The van der Waals surface area contributed by atoms with E-state index in [1.807, 2.05) is 0 Å². The van der Waals surface area contributed by atoms with Crippen molar-refractivity contribution in [3.63, 3.8) is 0 Å². The predicted molar refractivity (Wildman–Crippen MR) is 99.1 cm³/mol. The van der Waals surface area contributed by atoms with Crippen molar-refractivity contribution in [3.05, 3.63) is 64.9 Å². The van der Waals surface area contributed by atoms with E-state index in [1.54, 1.807) is 24.3 Å². The molecule has 2 aromatic carbocycles.